The Kier molecular flexibility index (Phi) is 9.14. The van der Waals surface area contributed by atoms with Crippen LogP contribution in [0, 0.1) is 5.92 Å². The van der Waals surface area contributed by atoms with Crippen LogP contribution in [0.5, 0.6) is 0 Å². The smallest absolute Gasteiger partial charge is 0.252 e. The minimum absolute atomic E-state index is 0.0153. The Balaban J connectivity index is 1.16. The fourth-order valence-electron chi connectivity index (χ4n) is 5.47. The lowest BCUT2D eigenvalue weighted by atomic mass is 9.86. The molecule has 0 unspecified atom stereocenters. The molecule has 4 aromatic rings. The average molecular weight is 549 g/mol. The highest BCUT2D eigenvalue weighted by Crippen LogP contribution is 2.28. The fourth-order valence-corrected chi connectivity index (χ4v) is 5.47. The zero-order chi connectivity index (χ0) is 28.6. The molecular weight excluding hydrogens is 508 g/mol. The molecule has 2 heterocycles. The molecule has 0 saturated heterocycles. The number of carbonyl (C=O) groups excluding carboxylic acids is 1. The monoisotopic (exact) mass is 548 g/mol. The second kappa shape index (κ2) is 13.3. The third-order valence-electron chi connectivity index (χ3n) is 7.70. The van der Waals surface area contributed by atoms with Crippen molar-refractivity contribution in [1.29, 1.82) is 0 Å². The lowest BCUT2D eigenvalue weighted by Gasteiger charge is -2.29. The van der Waals surface area contributed by atoms with Crippen molar-refractivity contribution < 1.29 is 4.79 Å². The highest BCUT2D eigenvalue weighted by molar-refractivity contribution is 5.94. The number of fused-ring (bicyclic) bond motifs is 1. The van der Waals surface area contributed by atoms with E-state index in [9.17, 15) is 4.79 Å². The Morgan fingerprint density at radius 2 is 1.76 bits per heavy atom. The summed E-state index contributed by atoms with van der Waals surface area (Å²) in [6.07, 6.45) is 14.2. The van der Waals surface area contributed by atoms with E-state index in [4.69, 9.17) is 9.97 Å². The number of anilines is 2. The largest absolute Gasteiger partial charge is 0.362 e. The molecule has 7 nitrogen and oxygen atoms in total. The highest BCUT2D eigenvalue weighted by Gasteiger charge is 2.23. The second-order valence-corrected chi connectivity index (χ2v) is 11.0. The molecule has 1 aliphatic rings. The van der Waals surface area contributed by atoms with Gasteiger partial charge in [0.05, 0.1) is 11.1 Å². The van der Waals surface area contributed by atoms with Gasteiger partial charge in [0.15, 0.2) is 0 Å². The number of para-hydroxylation sites is 1. The lowest BCUT2D eigenvalue weighted by Crippen LogP contribution is -2.34. The highest BCUT2D eigenvalue weighted by atomic mass is 16.1. The summed E-state index contributed by atoms with van der Waals surface area (Å²) in [6.45, 7) is 3.40. The molecule has 7 heteroatoms. The molecule has 212 valence electrons. The Hall–Kier alpha value is -4.39. The Labute approximate surface area is 243 Å². The van der Waals surface area contributed by atoms with Gasteiger partial charge in [-0.3, -0.25) is 4.79 Å². The van der Waals surface area contributed by atoms with E-state index >= 15 is 0 Å². The third-order valence-corrected chi connectivity index (χ3v) is 7.70. The van der Waals surface area contributed by atoms with Crippen molar-refractivity contribution in [1.82, 2.24) is 19.9 Å². The quantitative estimate of drug-likeness (QED) is 0.220. The van der Waals surface area contributed by atoms with Crippen LogP contribution in [0.1, 0.15) is 54.2 Å². The van der Waals surface area contributed by atoms with Crippen LogP contribution < -0.4 is 15.5 Å². The number of allylic oxidation sites excluding steroid dienone is 3. The predicted molar refractivity (Wildman–Crippen MR) is 169 cm³/mol. The summed E-state index contributed by atoms with van der Waals surface area (Å²) in [7, 11) is 4.02. The van der Waals surface area contributed by atoms with Gasteiger partial charge in [-0.05, 0) is 68.4 Å². The van der Waals surface area contributed by atoms with E-state index in [1.807, 2.05) is 92.8 Å². The second-order valence-electron chi connectivity index (χ2n) is 11.0. The van der Waals surface area contributed by atoms with Crippen LogP contribution in [-0.4, -0.2) is 47.1 Å². The van der Waals surface area contributed by atoms with Crippen LogP contribution in [0.3, 0.4) is 0 Å². The number of amides is 1. The summed E-state index contributed by atoms with van der Waals surface area (Å²) < 4.78 is 2.14. The number of aromatic nitrogens is 3. The first-order chi connectivity index (χ1) is 20.0. The van der Waals surface area contributed by atoms with Crippen molar-refractivity contribution in [2.45, 2.75) is 45.2 Å². The van der Waals surface area contributed by atoms with E-state index < -0.39 is 0 Å². The maximum absolute atomic E-state index is 13.1. The Bertz CT molecular complexity index is 1510. The number of carbonyl (C=O) groups is 1. The summed E-state index contributed by atoms with van der Waals surface area (Å²) in [5.41, 5.74) is 3.86. The number of hydrogen-bond donors (Lipinski definition) is 2. The molecule has 41 heavy (non-hydrogen) atoms. The van der Waals surface area contributed by atoms with E-state index in [0.29, 0.717) is 30.0 Å². The molecule has 0 aliphatic heterocycles. The summed E-state index contributed by atoms with van der Waals surface area (Å²) >= 11 is 0. The van der Waals surface area contributed by atoms with Gasteiger partial charge in [-0.15, -0.1) is 0 Å². The first-order valence-electron chi connectivity index (χ1n) is 14.5. The maximum Gasteiger partial charge on any atom is 0.252 e. The lowest BCUT2D eigenvalue weighted by molar-refractivity contribution is 0.0943. The standard InChI is InChI=1S/C34H40N6O/c1-4-5-7-14-29-21-27(24-40(29)23-26-12-8-6-9-13-26)33(41)35-22-25-17-19-28(20-18-25)36-34-37-31-16-11-10-15-30(31)32(38-34)39(2)3/h4-16,21,24-25,28H,17-20,22-23H2,1-3H3,(H,35,41)(H,36,37,38)/b5-4-,14-7-. The SMILES string of the molecule is C/C=C\C=C/c1cc(C(=O)NCC2CCC(Nc3nc(N(C)C)c4ccccc4n3)CC2)cn1Cc1ccccc1. The Morgan fingerprint density at radius 1 is 1.00 bits per heavy atom. The first-order valence-corrected chi connectivity index (χ1v) is 14.5. The zero-order valence-corrected chi connectivity index (χ0v) is 24.3. The van der Waals surface area contributed by atoms with E-state index in [1.165, 1.54) is 5.56 Å². The van der Waals surface area contributed by atoms with Gasteiger partial charge in [-0.25, -0.2) is 4.98 Å². The summed E-state index contributed by atoms with van der Waals surface area (Å²) in [4.78, 5) is 24.7. The average Bonchev–Trinajstić information content (AvgIpc) is 3.39. The van der Waals surface area contributed by atoms with E-state index in [0.717, 1.165) is 54.6 Å². The van der Waals surface area contributed by atoms with Crippen LogP contribution in [0.2, 0.25) is 0 Å². The number of benzene rings is 2. The van der Waals surface area contributed by atoms with Gasteiger partial charge in [0.2, 0.25) is 5.95 Å². The Morgan fingerprint density at radius 3 is 2.51 bits per heavy atom. The van der Waals surface area contributed by atoms with Gasteiger partial charge >= 0.3 is 0 Å². The van der Waals surface area contributed by atoms with E-state index in [-0.39, 0.29) is 5.91 Å². The van der Waals surface area contributed by atoms with Crippen LogP contribution in [0.25, 0.3) is 17.0 Å². The molecule has 2 aromatic carbocycles. The van der Waals surface area contributed by atoms with Gasteiger partial charge in [-0.2, -0.15) is 4.98 Å². The maximum atomic E-state index is 13.1. The van der Waals surface area contributed by atoms with Crippen molar-refractivity contribution in [2.75, 3.05) is 30.9 Å². The van der Waals surface area contributed by atoms with Crippen molar-refractivity contribution in [3.63, 3.8) is 0 Å². The zero-order valence-electron chi connectivity index (χ0n) is 24.3. The minimum atomic E-state index is -0.0153. The molecule has 0 atom stereocenters. The van der Waals surface area contributed by atoms with Crippen LogP contribution in [-0.2, 0) is 6.54 Å². The van der Waals surface area contributed by atoms with E-state index in [1.54, 1.807) is 0 Å². The van der Waals surface area contributed by atoms with Crippen molar-refractivity contribution in [3.8, 4) is 0 Å². The summed E-state index contributed by atoms with van der Waals surface area (Å²) in [6, 6.07) is 20.8. The molecule has 0 spiro atoms. The van der Waals surface area contributed by atoms with Gasteiger partial charge in [0.1, 0.15) is 5.82 Å². The van der Waals surface area contributed by atoms with Crippen molar-refractivity contribution in [3.05, 3.63) is 102 Å². The minimum Gasteiger partial charge on any atom is -0.362 e. The number of hydrogen-bond acceptors (Lipinski definition) is 5. The molecule has 1 aliphatic carbocycles. The van der Waals surface area contributed by atoms with Crippen LogP contribution in [0.4, 0.5) is 11.8 Å². The van der Waals surface area contributed by atoms with Crippen molar-refractivity contribution in [2.24, 2.45) is 5.92 Å². The third kappa shape index (κ3) is 7.23. The topological polar surface area (TPSA) is 75.1 Å². The van der Waals surface area contributed by atoms with Gasteiger partial charge in [0.25, 0.3) is 5.91 Å². The van der Waals surface area contributed by atoms with Gasteiger partial charge in [-0.1, -0.05) is 60.7 Å². The molecule has 5 rings (SSSR count). The number of nitrogens with zero attached hydrogens (tertiary/aromatic N) is 4. The molecule has 2 N–H and O–H groups in total. The summed E-state index contributed by atoms with van der Waals surface area (Å²) in [5.74, 6) is 2.06. The molecule has 1 saturated carbocycles. The van der Waals surface area contributed by atoms with Crippen LogP contribution >= 0.6 is 0 Å². The normalized spacial score (nSPS) is 17.3. The molecule has 1 fully saturated rings. The van der Waals surface area contributed by atoms with Gasteiger partial charge < -0.3 is 20.1 Å². The molecule has 2 aromatic heterocycles. The molecule has 0 bridgehead atoms. The van der Waals surface area contributed by atoms with E-state index in [2.05, 4.69) is 39.5 Å². The first kappa shape index (κ1) is 28.1. The molecular formula is C34H40N6O. The fraction of sp³-hybridized carbons (Fsp3) is 0.324. The number of rotatable bonds is 10. The summed E-state index contributed by atoms with van der Waals surface area (Å²) in [5, 5.41) is 7.84. The molecule has 1 amide bonds. The van der Waals surface area contributed by atoms with Gasteiger partial charge in [0, 0.05) is 50.5 Å². The van der Waals surface area contributed by atoms with Crippen molar-refractivity contribution >= 4 is 34.7 Å². The molecule has 0 radical (unpaired) electrons. The number of nitrogens with one attached hydrogen (secondary N) is 2. The predicted octanol–water partition coefficient (Wildman–Crippen LogP) is 6.54. The van der Waals surface area contributed by atoms with Crippen LogP contribution in [0.15, 0.2) is 85.1 Å².